The van der Waals surface area contributed by atoms with Crippen molar-refractivity contribution in [3.8, 4) is 11.5 Å². The van der Waals surface area contributed by atoms with E-state index in [2.05, 4.69) is 10.3 Å². The highest BCUT2D eigenvalue weighted by atomic mass is 32.1. The molecule has 1 N–H and O–H groups in total. The lowest BCUT2D eigenvalue weighted by molar-refractivity contribution is -0.154. The van der Waals surface area contributed by atoms with Crippen LogP contribution in [0.15, 0.2) is 58.5 Å². The summed E-state index contributed by atoms with van der Waals surface area (Å²) in [6, 6.07) is 12.4. The van der Waals surface area contributed by atoms with E-state index in [9.17, 15) is 9.59 Å². The van der Waals surface area contributed by atoms with Gasteiger partial charge in [0.05, 0.1) is 12.9 Å². The Morgan fingerprint density at radius 2 is 2.11 bits per heavy atom. The number of rotatable bonds is 5. The van der Waals surface area contributed by atoms with Gasteiger partial charge < -0.3 is 19.4 Å². The number of nitrogens with one attached hydrogen (secondary N) is 1. The van der Waals surface area contributed by atoms with Crippen LogP contribution in [0.1, 0.15) is 5.56 Å². The molecule has 7 nitrogen and oxygen atoms in total. The van der Waals surface area contributed by atoms with Gasteiger partial charge >= 0.3 is 0 Å². The Balaban J connectivity index is 1.48. The van der Waals surface area contributed by atoms with Crippen molar-refractivity contribution in [3.63, 3.8) is 0 Å². The molecule has 1 fully saturated rings. The molecule has 1 saturated heterocycles. The Kier molecular flexibility index (Phi) is 4.99. The number of anilines is 1. The average molecular weight is 383 g/mol. The summed E-state index contributed by atoms with van der Waals surface area (Å²) in [5.74, 6) is 0.105. The summed E-state index contributed by atoms with van der Waals surface area (Å²) in [5.41, 5.74) is 1.61. The van der Waals surface area contributed by atoms with E-state index in [1.807, 2.05) is 30.3 Å². The lowest BCUT2D eigenvalue weighted by Crippen LogP contribution is -2.54. The number of furan rings is 1. The predicted octanol–water partition coefficient (Wildman–Crippen LogP) is 2.77. The average Bonchev–Trinajstić information content (AvgIpc) is 3.36. The van der Waals surface area contributed by atoms with Gasteiger partial charge in [0.1, 0.15) is 18.3 Å². The summed E-state index contributed by atoms with van der Waals surface area (Å²) in [4.78, 5) is 31.0. The first-order valence-corrected chi connectivity index (χ1v) is 9.30. The van der Waals surface area contributed by atoms with Crippen LogP contribution < -0.4 is 5.32 Å². The van der Waals surface area contributed by atoms with Crippen molar-refractivity contribution in [2.75, 3.05) is 18.5 Å². The number of aromatic nitrogens is 1. The van der Waals surface area contributed by atoms with Crippen LogP contribution in [0.3, 0.4) is 0 Å². The van der Waals surface area contributed by atoms with Gasteiger partial charge in [0.15, 0.2) is 10.9 Å². The number of ether oxygens (including phenoxy) is 1. The zero-order chi connectivity index (χ0) is 18.6. The predicted molar refractivity (Wildman–Crippen MR) is 100 cm³/mol. The topological polar surface area (TPSA) is 84.7 Å². The standard InChI is InChI=1S/C19H17N3O4S/c23-17-11-25-10-15(22(17)9-13-5-2-1-3-6-13)18(24)21-19-20-14(12-27-19)16-7-4-8-26-16/h1-8,12,15H,9-11H2,(H,20,21,24)/t15-/m1/s1. The van der Waals surface area contributed by atoms with E-state index in [1.165, 1.54) is 11.3 Å². The first-order valence-electron chi connectivity index (χ1n) is 8.42. The van der Waals surface area contributed by atoms with Crippen LogP contribution in [-0.4, -0.2) is 41.0 Å². The molecule has 1 aromatic carbocycles. The fourth-order valence-electron chi connectivity index (χ4n) is 2.86. The van der Waals surface area contributed by atoms with E-state index < -0.39 is 6.04 Å². The summed E-state index contributed by atoms with van der Waals surface area (Å²) in [7, 11) is 0. The zero-order valence-electron chi connectivity index (χ0n) is 14.3. The molecule has 8 heteroatoms. The highest BCUT2D eigenvalue weighted by Gasteiger charge is 2.34. The van der Waals surface area contributed by atoms with Crippen molar-refractivity contribution in [1.29, 1.82) is 0 Å². The largest absolute Gasteiger partial charge is 0.463 e. The molecule has 3 aromatic rings. The van der Waals surface area contributed by atoms with Gasteiger partial charge in [0.2, 0.25) is 5.91 Å². The number of nitrogens with zero attached hydrogens (tertiary/aromatic N) is 2. The maximum atomic E-state index is 12.8. The highest BCUT2D eigenvalue weighted by Crippen LogP contribution is 2.25. The molecule has 1 atom stereocenters. The summed E-state index contributed by atoms with van der Waals surface area (Å²) in [6.07, 6.45) is 1.57. The van der Waals surface area contributed by atoms with Gasteiger partial charge in [0.25, 0.3) is 5.91 Å². The first kappa shape index (κ1) is 17.4. The minimum atomic E-state index is -0.706. The SMILES string of the molecule is O=C(Nc1nc(-c2ccco2)cs1)[C@H]1COCC(=O)N1Cc1ccccc1. The van der Waals surface area contributed by atoms with E-state index in [4.69, 9.17) is 9.15 Å². The van der Waals surface area contributed by atoms with Gasteiger partial charge in [-0.1, -0.05) is 30.3 Å². The zero-order valence-corrected chi connectivity index (χ0v) is 15.1. The quantitative estimate of drug-likeness (QED) is 0.732. The van der Waals surface area contributed by atoms with Crippen LogP contribution in [0.5, 0.6) is 0 Å². The third kappa shape index (κ3) is 3.91. The molecule has 2 amide bonds. The summed E-state index contributed by atoms with van der Waals surface area (Å²) >= 11 is 1.30. The summed E-state index contributed by atoms with van der Waals surface area (Å²) < 4.78 is 10.6. The van der Waals surface area contributed by atoms with Gasteiger partial charge in [-0.25, -0.2) is 4.98 Å². The fourth-order valence-corrected chi connectivity index (χ4v) is 3.56. The number of thiazole rings is 1. The first-order chi connectivity index (χ1) is 13.2. The highest BCUT2D eigenvalue weighted by molar-refractivity contribution is 7.14. The Labute approximate surface area is 159 Å². The lowest BCUT2D eigenvalue weighted by atomic mass is 10.1. The second-order valence-corrected chi connectivity index (χ2v) is 6.90. The maximum absolute atomic E-state index is 12.8. The van der Waals surface area contributed by atoms with Crippen molar-refractivity contribution in [2.45, 2.75) is 12.6 Å². The molecule has 138 valence electrons. The summed E-state index contributed by atoms with van der Waals surface area (Å²) in [5, 5.41) is 5.04. The van der Waals surface area contributed by atoms with Crippen molar-refractivity contribution >= 4 is 28.3 Å². The maximum Gasteiger partial charge on any atom is 0.251 e. The van der Waals surface area contributed by atoms with E-state index >= 15 is 0 Å². The molecule has 0 radical (unpaired) electrons. The van der Waals surface area contributed by atoms with Crippen LogP contribution in [0.25, 0.3) is 11.5 Å². The molecule has 1 aliphatic rings. The molecule has 0 saturated carbocycles. The molecular formula is C19H17N3O4S. The fraction of sp³-hybridized carbons (Fsp3) is 0.211. The smallest absolute Gasteiger partial charge is 0.251 e. The second kappa shape index (κ2) is 7.73. The molecule has 4 rings (SSSR count). The van der Waals surface area contributed by atoms with E-state index in [0.717, 1.165) is 5.56 Å². The number of morpholine rings is 1. The monoisotopic (exact) mass is 383 g/mol. The van der Waals surface area contributed by atoms with Crippen LogP contribution in [0.2, 0.25) is 0 Å². The minimum Gasteiger partial charge on any atom is -0.463 e. The Hall–Kier alpha value is -2.97. The van der Waals surface area contributed by atoms with E-state index in [0.29, 0.717) is 23.1 Å². The molecular weight excluding hydrogens is 366 g/mol. The minimum absolute atomic E-state index is 0.0174. The molecule has 0 aliphatic carbocycles. The Bertz CT molecular complexity index is 924. The molecule has 3 heterocycles. The molecule has 1 aliphatic heterocycles. The van der Waals surface area contributed by atoms with E-state index in [1.54, 1.807) is 28.7 Å². The van der Waals surface area contributed by atoms with Crippen molar-refractivity contribution in [1.82, 2.24) is 9.88 Å². The second-order valence-electron chi connectivity index (χ2n) is 6.04. The number of carbonyl (C=O) groups excluding carboxylic acids is 2. The van der Waals surface area contributed by atoms with Gasteiger partial charge in [-0.3, -0.25) is 9.59 Å². The van der Waals surface area contributed by atoms with Crippen LogP contribution in [0, 0.1) is 0 Å². The van der Waals surface area contributed by atoms with Crippen molar-refractivity contribution in [2.24, 2.45) is 0 Å². The Morgan fingerprint density at radius 3 is 2.89 bits per heavy atom. The van der Waals surface area contributed by atoms with Crippen molar-refractivity contribution < 1.29 is 18.7 Å². The van der Waals surface area contributed by atoms with Crippen LogP contribution in [-0.2, 0) is 20.9 Å². The van der Waals surface area contributed by atoms with Crippen LogP contribution >= 0.6 is 11.3 Å². The van der Waals surface area contributed by atoms with Gasteiger partial charge in [-0.05, 0) is 17.7 Å². The third-order valence-corrected chi connectivity index (χ3v) is 4.96. The molecule has 27 heavy (non-hydrogen) atoms. The third-order valence-electron chi connectivity index (χ3n) is 4.20. The number of hydrogen-bond acceptors (Lipinski definition) is 6. The molecule has 2 aromatic heterocycles. The van der Waals surface area contributed by atoms with E-state index in [-0.39, 0.29) is 25.0 Å². The number of amides is 2. The van der Waals surface area contributed by atoms with Crippen LogP contribution in [0.4, 0.5) is 5.13 Å². The van der Waals surface area contributed by atoms with Gasteiger partial charge in [0, 0.05) is 11.9 Å². The van der Waals surface area contributed by atoms with Gasteiger partial charge in [-0.2, -0.15) is 0 Å². The molecule has 0 spiro atoms. The molecule has 0 bridgehead atoms. The lowest BCUT2D eigenvalue weighted by Gasteiger charge is -2.34. The number of carbonyl (C=O) groups is 2. The summed E-state index contributed by atoms with van der Waals surface area (Å²) in [6.45, 7) is 0.494. The molecule has 0 unspecified atom stereocenters. The normalized spacial score (nSPS) is 17.1. The Morgan fingerprint density at radius 1 is 1.26 bits per heavy atom. The number of benzene rings is 1. The number of hydrogen-bond donors (Lipinski definition) is 1. The van der Waals surface area contributed by atoms with Crippen molar-refractivity contribution in [3.05, 3.63) is 59.7 Å². The van der Waals surface area contributed by atoms with Gasteiger partial charge in [-0.15, -0.1) is 11.3 Å².